The number of benzene rings is 1. The molecule has 1 aromatic rings. The van der Waals surface area contributed by atoms with Crippen molar-refractivity contribution in [2.45, 2.75) is 19.4 Å². The maximum atomic E-state index is 11.7. The van der Waals surface area contributed by atoms with Gasteiger partial charge in [0.1, 0.15) is 0 Å². The van der Waals surface area contributed by atoms with Gasteiger partial charge in [-0.25, -0.2) is 4.79 Å². The highest BCUT2D eigenvalue weighted by Gasteiger charge is 2.09. The second-order valence-electron chi connectivity index (χ2n) is 3.91. The number of rotatable bonds is 5. The van der Waals surface area contributed by atoms with Gasteiger partial charge >= 0.3 is 6.03 Å². The minimum absolute atomic E-state index is 0.0166. The van der Waals surface area contributed by atoms with E-state index in [4.69, 9.17) is 27.9 Å². The first kappa shape index (κ1) is 15.1. The lowest BCUT2D eigenvalue weighted by atomic mass is 10.2. The molecule has 0 radical (unpaired) electrons. The fourth-order valence-electron chi connectivity index (χ4n) is 1.34. The third-order valence-corrected chi connectivity index (χ3v) is 2.87. The van der Waals surface area contributed by atoms with E-state index in [0.29, 0.717) is 22.3 Å². The molecule has 4 nitrogen and oxygen atoms in total. The van der Waals surface area contributed by atoms with Crippen molar-refractivity contribution in [1.29, 1.82) is 0 Å². The van der Waals surface area contributed by atoms with Gasteiger partial charge in [-0.05, 0) is 31.5 Å². The number of ether oxygens (including phenoxy) is 1. The molecule has 0 saturated heterocycles. The Hall–Kier alpha value is -0.970. The first-order chi connectivity index (χ1) is 8.52. The molecule has 0 heterocycles. The molecule has 2 amide bonds. The van der Waals surface area contributed by atoms with Crippen LogP contribution in [0.15, 0.2) is 18.2 Å². The molecule has 2 N–H and O–H groups in total. The average Bonchev–Trinajstić information content (AvgIpc) is 2.31. The zero-order valence-corrected chi connectivity index (χ0v) is 11.8. The smallest absolute Gasteiger partial charge is 0.319 e. The fraction of sp³-hybridized carbons (Fsp3) is 0.417. The van der Waals surface area contributed by atoms with Gasteiger partial charge in [0, 0.05) is 24.8 Å². The third kappa shape index (κ3) is 5.12. The number of urea groups is 1. The maximum absolute atomic E-state index is 11.7. The van der Waals surface area contributed by atoms with E-state index in [1.807, 2.05) is 6.92 Å². The summed E-state index contributed by atoms with van der Waals surface area (Å²) in [6, 6.07) is 4.59. The number of amides is 2. The Labute approximate surface area is 117 Å². The van der Waals surface area contributed by atoms with Gasteiger partial charge in [0.05, 0.1) is 10.7 Å². The Kier molecular flexibility index (Phi) is 6.25. The van der Waals surface area contributed by atoms with Crippen LogP contribution in [0.4, 0.5) is 10.5 Å². The summed E-state index contributed by atoms with van der Waals surface area (Å²) in [6.45, 7) is 2.50. The SMILES string of the molecule is COCCC(C)NC(=O)Nc1cc(Cl)ccc1Cl. The molecule has 0 aliphatic carbocycles. The van der Waals surface area contributed by atoms with Crippen LogP contribution in [-0.4, -0.2) is 25.8 Å². The van der Waals surface area contributed by atoms with Crippen molar-refractivity contribution >= 4 is 34.9 Å². The predicted octanol–water partition coefficient (Wildman–Crippen LogP) is 3.54. The summed E-state index contributed by atoms with van der Waals surface area (Å²) >= 11 is 11.8. The van der Waals surface area contributed by atoms with Crippen molar-refractivity contribution in [3.05, 3.63) is 28.2 Å². The van der Waals surface area contributed by atoms with E-state index in [0.717, 1.165) is 6.42 Å². The van der Waals surface area contributed by atoms with Crippen LogP contribution < -0.4 is 10.6 Å². The second kappa shape index (κ2) is 7.46. The number of hydrogen-bond donors (Lipinski definition) is 2. The van der Waals surface area contributed by atoms with Crippen LogP contribution in [0.25, 0.3) is 0 Å². The first-order valence-corrected chi connectivity index (χ1v) is 6.30. The van der Waals surface area contributed by atoms with Crippen LogP contribution in [0.5, 0.6) is 0 Å². The summed E-state index contributed by atoms with van der Waals surface area (Å²) in [4.78, 5) is 11.7. The summed E-state index contributed by atoms with van der Waals surface area (Å²) < 4.78 is 4.94. The van der Waals surface area contributed by atoms with Crippen LogP contribution in [-0.2, 0) is 4.74 Å². The molecule has 100 valence electrons. The van der Waals surface area contributed by atoms with E-state index in [1.54, 1.807) is 25.3 Å². The Balaban J connectivity index is 2.51. The largest absolute Gasteiger partial charge is 0.385 e. The minimum atomic E-state index is -0.317. The van der Waals surface area contributed by atoms with Gasteiger partial charge in [-0.15, -0.1) is 0 Å². The fourth-order valence-corrected chi connectivity index (χ4v) is 1.68. The molecule has 0 aliphatic rings. The third-order valence-electron chi connectivity index (χ3n) is 2.31. The van der Waals surface area contributed by atoms with Gasteiger partial charge in [0.25, 0.3) is 0 Å². The summed E-state index contributed by atoms with van der Waals surface area (Å²) in [5.41, 5.74) is 0.487. The number of halogens is 2. The lowest BCUT2D eigenvalue weighted by molar-refractivity contribution is 0.185. The van der Waals surface area contributed by atoms with E-state index in [-0.39, 0.29) is 12.1 Å². The first-order valence-electron chi connectivity index (χ1n) is 5.54. The van der Waals surface area contributed by atoms with Gasteiger partial charge in [-0.2, -0.15) is 0 Å². The molecule has 0 aromatic heterocycles. The van der Waals surface area contributed by atoms with Crippen LogP contribution >= 0.6 is 23.2 Å². The van der Waals surface area contributed by atoms with Crippen molar-refractivity contribution in [3.63, 3.8) is 0 Å². The molecular formula is C12H16Cl2N2O2. The molecule has 18 heavy (non-hydrogen) atoms. The van der Waals surface area contributed by atoms with Crippen molar-refractivity contribution in [2.24, 2.45) is 0 Å². The van der Waals surface area contributed by atoms with Crippen molar-refractivity contribution in [2.75, 3.05) is 19.0 Å². The van der Waals surface area contributed by atoms with Gasteiger partial charge in [-0.3, -0.25) is 0 Å². The minimum Gasteiger partial charge on any atom is -0.385 e. The number of carbonyl (C=O) groups excluding carboxylic acids is 1. The topological polar surface area (TPSA) is 50.4 Å². The van der Waals surface area contributed by atoms with Crippen LogP contribution in [0.3, 0.4) is 0 Å². The number of hydrogen-bond acceptors (Lipinski definition) is 2. The summed E-state index contributed by atoms with van der Waals surface area (Å²) in [6.07, 6.45) is 0.743. The van der Waals surface area contributed by atoms with E-state index in [9.17, 15) is 4.79 Å². The van der Waals surface area contributed by atoms with Crippen molar-refractivity contribution < 1.29 is 9.53 Å². The van der Waals surface area contributed by atoms with Gasteiger partial charge in [0.2, 0.25) is 0 Å². The standard InChI is InChI=1S/C12H16Cl2N2O2/c1-8(5-6-18-2)15-12(17)16-11-7-9(13)3-4-10(11)14/h3-4,7-8H,5-6H2,1-2H3,(H2,15,16,17). The van der Waals surface area contributed by atoms with E-state index >= 15 is 0 Å². The summed E-state index contributed by atoms with van der Waals surface area (Å²) in [7, 11) is 1.62. The van der Waals surface area contributed by atoms with Gasteiger partial charge < -0.3 is 15.4 Å². The monoisotopic (exact) mass is 290 g/mol. The molecule has 1 rings (SSSR count). The molecule has 1 aromatic carbocycles. The van der Waals surface area contributed by atoms with E-state index in [2.05, 4.69) is 10.6 Å². The number of carbonyl (C=O) groups is 1. The molecule has 0 saturated carbocycles. The van der Waals surface area contributed by atoms with Crippen LogP contribution in [0, 0.1) is 0 Å². The summed E-state index contributed by atoms with van der Waals surface area (Å²) in [5, 5.41) is 6.39. The van der Waals surface area contributed by atoms with Crippen LogP contribution in [0.2, 0.25) is 10.0 Å². The van der Waals surface area contributed by atoms with Gasteiger partial charge in [0.15, 0.2) is 0 Å². The van der Waals surface area contributed by atoms with Crippen molar-refractivity contribution in [1.82, 2.24) is 5.32 Å². The molecular weight excluding hydrogens is 275 g/mol. The Bertz CT molecular complexity index is 413. The molecule has 0 aliphatic heterocycles. The average molecular weight is 291 g/mol. The Morgan fingerprint density at radius 3 is 2.83 bits per heavy atom. The zero-order valence-electron chi connectivity index (χ0n) is 10.3. The predicted molar refractivity (Wildman–Crippen MR) is 74.6 cm³/mol. The highest BCUT2D eigenvalue weighted by Crippen LogP contribution is 2.25. The lowest BCUT2D eigenvalue weighted by Crippen LogP contribution is -2.36. The lowest BCUT2D eigenvalue weighted by Gasteiger charge is -2.14. The Morgan fingerprint density at radius 2 is 2.17 bits per heavy atom. The highest BCUT2D eigenvalue weighted by atomic mass is 35.5. The molecule has 1 atom stereocenters. The van der Waals surface area contributed by atoms with E-state index in [1.165, 1.54) is 0 Å². The quantitative estimate of drug-likeness (QED) is 0.871. The van der Waals surface area contributed by atoms with Crippen molar-refractivity contribution in [3.8, 4) is 0 Å². The number of methoxy groups -OCH3 is 1. The molecule has 0 spiro atoms. The second-order valence-corrected chi connectivity index (χ2v) is 4.75. The number of nitrogens with one attached hydrogen (secondary N) is 2. The molecule has 6 heteroatoms. The van der Waals surface area contributed by atoms with Crippen LogP contribution in [0.1, 0.15) is 13.3 Å². The molecule has 0 bridgehead atoms. The number of anilines is 1. The Morgan fingerprint density at radius 1 is 1.44 bits per heavy atom. The van der Waals surface area contributed by atoms with Gasteiger partial charge in [-0.1, -0.05) is 23.2 Å². The maximum Gasteiger partial charge on any atom is 0.319 e. The molecule has 1 unspecified atom stereocenters. The van der Waals surface area contributed by atoms with E-state index < -0.39 is 0 Å². The molecule has 0 fully saturated rings. The highest BCUT2D eigenvalue weighted by molar-refractivity contribution is 6.35. The summed E-state index contributed by atoms with van der Waals surface area (Å²) in [5.74, 6) is 0. The zero-order chi connectivity index (χ0) is 13.5. The normalized spacial score (nSPS) is 12.0.